The zero-order valence-electron chi connectivity index (χ0n) is 7.56. The summed E-state index contributed by atoms with van der Waals surface area (Å²) in [7, 11) is 0. The zero-order valence-corrected chi connectivity index (χ0v) is 9.07. The predicted molar refractivity (Wildman–Crippen MR) is 57.9 cm³/mol. The molecule has 1 fully saturated rings. The van der Waals surface area contributed by atoms with Crippen molar-refractivity contribution in [2.45, 2.75) is 6.04 Å². The number of aromatic nitrogens is 1. The lowest BCUT2D eigenvalue weighted by Crippen LogP contribution is -2.42. The van der Waals surface area contributed by atoms with E-state index in [1.807, 2.05) is 6.07 Å². The minimum absolute atomic E-state index is 0.283. The van der Waals surface area contributed by atoms with Crippen LogP contribution in [0.25, 0.3) is 0 Å². The largest absolute Gasteiger partial charge is 0.314 e. The maximum absolute atomic E-state index is 5.89. The van der Waals surface area contributed by atoms with E-state index in [1.165, 1.54) is 0 Å². The van der Waals surface area contributed by atoms with Gasteiger partial charge in [0.2, 0.25) is 0 Å². The lowest BCUT2D eigenvalue weighted by Gasteiger charge is -2.24. The fourth-order valence-corrected chi connectivity index (χ4v) is 1.79. The monoisotopic (exact) mass is 231 g/mol. The van der Waals surface area contributed by atoms with Crippen LogP contribution in [0.15, 0.2) is 12.3 Å². The summed E-state index contributed by atoms with van der Waals surface area (Å²) in [5.41, 5.74) is 1.08. The van der Waals surface area contributed by atoms with Crippen molar-refractivity contribution in [3.05, 3.63) is 28.0 Å². The number of nitrogens with one attached hydrogen (secondary N) is 2. The summed E-state index contributed by atoms with van der Waals surface area (Å²) in [4.78, 5) is 4.02. The van der Waals surface area contributed by atoms with Gasteiger partial charge in [0.25, 0.3) is 0 Å². The number of hydrogen-bond acceptors (Lipinski definition) is 3. The smallest absolute Gasteiger partial charge is 0.147 e. The zero-order chi connectivity index (χ0) is 9.97. The summed E-state index contributed by atoms with van der Waals surface area (Å²) >= 11 is 11.6. The van der Waals surface area contributed by atoms with E-state index in [0.29, 0.717) is 10.2 Å². The molecular weight excluding hydrogens is 221 g/mol. The van der Waals surface area contributed by atoms with Gasteiger partial charge in [-0.25, -0.2) is 4.98 Å². The number of hydrogen-bond donors (Lipinski definition) is 2. The first-order valence-electron chi connectivity index (χ1n) is 4.52. The third-order valence-corrected chi connectivity index (χ3v) is 2.95. The van der Waals surface area contributed by atoms with Gasteiger partial charge in [0.1, 0.15) is 5.15 Å². The van der Waals surface area contributed by atoms with Crippen molar-refractivity contribution in [3.63, 3.8) is 0 Å². The van der Waals surface area contributed by atoms with Crippen LogP contribution in [0, 0.1) is 0 Å². The Bertz CT molecular complexity index is 324. The molecule has 2 rings (SSSR count). The quantitative estimate of drug-likeness (QED) is 0.722. The molecule has 0 unspecified atom stereocenters. The van der Waals surface area contributed by atoms with Crippen molar-refractivity contribution in [2.24, 2.45) is 0 Å². The SMILES string of the molecule is Clc1cc([C@H]2CNCCN2)cnc1Cl. The molecule has 1 aliphatic rings. The molecule has 0 aliphatic carbocycles. The second-order valence-corrected chi connectivity index (χ2v) is 4.02. The minimum atomic E-state index is 0.283. The molecule has 0 spiro atoms. The van der Waals surface area contributed by atoms with Crippen molar-refractivity contribution in [3.8, 4) is 0 Å². The van der Waals surface area contributed by atoms with E-state index in [2.05, 4.69) is 15.6 Å². The van der Waals surface area contributed by atoms with Gasteiger partial charge in [-0.2, -0.15) is 0 Å². The lowest BCUT2D eigenvalue weighted by atomic mass is 10.1. The van der Waals surface area contributed by atoms with Gasteiger partial charge in [-0.15, -0.1) is 0 Å². The number of nitrogens with zero attached hydrogens (tertiary/aromatic N) is 1. The Labute approximate surface area is 92.8 Å². The highest BCUT2D eigenvalue weighted by Gasteiger charge is 2.15. The van der Waals surface area contributed by atoms with E-state index in [4.69, 9.17) is 23.2 Å². The molecule has 76 valence electrons. The summed E-state index contributed by atoms with van der Waals surface area (Å²) in [6.07, 6.45) is 1.76. The van der Waals surface area contributed by atoms with E-state index in [9.17, 15) is 0 Å². The Morgan fingerprint density at radius 2 is 2.21 bits per heavy atom. The molecular formula is C9H11Cl2N3. The molecule has 0 saturated carbocycles. The van der Waals surface area contributed by atoms with Crippen molar-refractivity contribution in [2.75, 3.05) is 19.6 Å². The molecule has 1 aliphatic heterocycles. The highest BCUT2D eigenvalue weighted by Crippen LogP contribution is 2.23. The summed E-state index contributed by atoms with van der Waals surface area (Å²) in [6, 6.07) is 2.15. The van der Waals surface area contributed by atoms with Gasteiger partial charge in [0.05, 0.1) is 5.02 Å². The first kappa shape index (κ1) is 10.2. The van der Waals surface area contributed by atoms with Crippen LogP contribution < -0.4 is 10.6 Å². The molecule has 14 heavy (non-hydrogen) atoms. The van der Waals surface area contributed by atoms with E-state index < -0.39 is 0 Å². The standard InChI is InChI=1S/C9H11Cl2N3/c10-7-3-6(4-14-9(7)11)8-5-12-1-2-13-8/h3-4,8,12-13H,1-2,5H2/t8-/m1/s1. The Hall–Kier alpha value is -0.350. The number of pyridine rings is 1. The second-order valence-electron chi connectivity index (χ2n) is 3.25. The van der Waals surface area contributed by atoms with Crippen LogP contribution in [0.3, 0.4) is 0 Å². The molecule has 0 aromatic carbocycles. The molecule has 0 bridgehead atoms. The Morgan fingerprint density at radius 1 is 1.36 bits per heavy atom. The van der Waals surface area contributed by atoms with Gasteiger partial charge in [-0.1, -0.05) is 23.2 Å². The Balaban J connectivity index is 2.18. The van der Waals surface area contributed by atoms with Gasteiger partial charge >= 0.3 is 0 Å². The average molecular weight is 232 g/mol. The van der Waals surface area contributed by atoms with Crippen molar-refractivity contribution in [1.29, 1.82) is 0 Å². The third kappa shape index (κ3) is 2.17. The van der Waals surface area contributed by atoms with E-state index in [-0.39, 0.29) is 6.04 Å². The van der Waals surface area contributed by atoms with Crippen LogP contribution in [-0.2, 0) is 0 Å². The van der Waals surface area contributed by atoms with Crippen molar-refractivity contribution in [1.82, 2.24) is 15.6 Å². The fourth-order valence-electron chi connectivity index (χ4n) is 1.52. The molecule has 1 saturated heterocycles. The lowest BCUT2D eigenvalue weighted by molar-refractivity contribution is 0.429. The Kier molecular flexibility index (Phi) is 3.23. The average Bonchev–Trinajstić information content (AvgIpc) is 2.23. The van der Waals surface area contributed by atoms with Gasteiger partial charge in [0, 0.05) is 31.9 Å². The highest BCUT2D eigenvalue weighted by molar-refractivity contribution is 6.41. The maximum Gasteiger partial charge on any atom is 0.147 e. The van der Waals surface area contributed by atoms with Crippen molar-refractivity contribution < 1.29 is 0 Å². The topological polar surface area (TPSA) is 37.0 Å². The van der Waals surface area contributed by atoms with Crippen LogP contribution in [0.1, 0.15) is 11.6 Å². The van der Waals surface area contributed by atoms with E-state index in [0.717, 1.165) is 25.2 Å². The van der Waals surface area contributed by atoms with Crippen LogP contribution in [0.2, 0.25) is 10.2 Å². The van der Waals surface area contributed by atoms with Gasteiger partial charge in [-0.3, -0.25) is 0 Å². The van der Waals surface area contributed by atoms with E-state index >= 15 is 0 Å². The third-order valence-electron chi connectivity index (χ3n) is 2.26. The highest BCUT2D eigenvalue weighted by atomic mass is 35.5. The number of halogens is 2. The van der Waals surface area contributed by atoms with E-state index in [1.54, 1.807) is 6.20 Å². The summed E-state index contributed by atoms with van der Waals surface area (Å²) in [6.45, 7) is 2.87. The number of piperazine rings is 1. The normalized spacial score (nSPS) is 22.3. The Morgan fingerprint density at radius 3 is 2.86 bits per heavy atom. The summed E-state index contributed by atoms with van der Waals surface area (Å²) in [5, 5.41) is 7.55. The molecule has 2 heterocycles. The van der Waals surface area contributed by atoms with Crippen LogP contribution >= 0.6 is 23.2 Å². The molecule has 0 radical (unpaired) electrons. The van der Waals surface area contributed by atoms with Crippen LogP contribution in [-0.4, -0.2) is 24.6 Å². The summed E-state index contributed by atoms with van der Waals surface area (Å²) in [5.74, 6) is 0. The maximum atomic E-state index is 5.89. The van der Waals surface area contributed by atoms with Gasteiger partial charge in [0.15, 0.2) is 0 Å². The molecule has 1 aromatic heterocycles. The molecule has 5 heteroatoms. The van der Waals surface area contributed by atoms with Crippen molar-refractivity contribution >= 4 is 23.2 Å². The first-order chi connectivity index (χ1) is 6.77. The molecule has 0 amide bonds. The molecule has 3 nitrogen and oxygen atoms in total. The van der Waals surface area contributed by atoms with Crippen LogP contribution in [0.5, 0.6) is 0 Å². The summed E-state index contributed by atoms with van der Waals surface area (Å²) < 4.78 is 0. The first-order valence-corrected chi connectivity index (χ1v) is 5.28. The number of rotatable bonds is 1. The van der Waals surface area contributed by atoms with Gasteiger partial charge < -0.3 is 10.6 Å². The molecule has 1 atom stereocenters. The van der Waals surface area contributed by atoms with Gasteiger partial charge in [-0.05, 0) is 11.6 Å². The fraction of sp³-hybridized carbons (Fsp3) is 0.444. The second kappa shape index (κ2) is 4.45. The van der Waals surface area contributed by atoms with Crippen LogP contribution in [0.4, 0.5) is 0 Å². The molecule has 1 aromatic rings. The molecule has 2 N–H and O–H groups in total. The predicted octanol–water partition coefficient (Wildman–Crippen LogP) is 1.62. The minimum Gasteiger partial charge on any atom is -0.314 e.